The number of ether oxygens (including phenoxy) is 2. The molecule has 1 saturated heterocycles. The van der Waals surface area contributed by atoms with Crippen molar-refractivity contribution in [2.24, 2.45) is 0 Å². The third-order valence-electron chi connectivity index (χ3n) is 4.71. The van der Waals surface area contributed by atoms with Gasteiger partial charge >= 0.3 is 5.97 Å². The van der Waals surface area contributed by atoms with E-state index >= 15 is 0 Å². The average molecular weight is 407 g/mol. The van der Waals surface area contributed by atoms with E-state index in [2.05, 4.69) is 4.90 Å². The van der Waals surface area contributed by atoms with Crippen LogP contribution in [0, 0.1) is 11.3 Å². The summed E-state index contributed by atoms with van der Waals surface area (Å²) in [5, 5.41) is 9.35. The standard InChI is InChI=1S/C23H22N2O3S/c1-27-21-15-18(22(29)25-12-6-3-7-13-25)10-11-20(21)28-23(26)19(16-24)14-17-8-4-2-5-9-17/h2,4-5,8-11,14-15H,3,6-7,12-13H2,1H3/b19-14+. The predicted molar refractivity (Wildman–Crippen MR) is 116 cm³/mol. The smallest absolute Gasteiger partial charge is 0.354 e. The van der Waals surface area contributed by atoms with Crippen LogP contribution < -0.4 is 9.47 Å². The first-order valence-electron chi connectivity index (χ1n) is 9.48. The van der Waals surface area contributed by atoms with Gasteiger partial charge in [0.15, 0.2) is 11.5 Å². The second-order valence-corrected chi connectivity index (χ2v) is 7.08. The number of likely N-dealkylation sites (tertiary alicyclic amines) is 1. The van der Waals surface area contributed by atoms with E-state index < -0.39 is 5.97 Å². The number of carbonyl (C=O) groups excluding carboxylic acids is 1. The molecule has 0 aromatic heterocycles. The Morgan fingerprint density at radius 1 is 1.10 bits per heavy atom. The van der Waals surface area contributed by atoms with Crippen LogP contribution in [0.2, 0.25) is 0 Å². The van der Waals surface area contributed by atoms with Crippen molar-refractivity contribution in [1.29, 1.82) is 5.26 Å². The quantitative estimate of drug-likeness (QED) is 0.242. The molecule has 0 radical (unpaired) electrons. The molecule has 2 aromatic rings. The lowest BCUT2D eigenvalue weighted by Gasteiger charge is -2.29. The van der Waals surface area contributed by atoms with Gasteiger partial charge in [0.25, 0.3) is 0 Å². The lowest BCUT2D eigenvalue weighted by atomic mass is 10.1. The molecule has 29 heavy (non-hydrogen) atoms. The van der Waals surface area contributed by atoms with E-state index in [1.165, 1.54) is 19.6 Å². The number of hydrogen-bond acceptors (Lipinski definition) is 5. The van der Waals surface area contributed by atoms with Gasteiger partial charge in [-0.3, -0.25) is 0 Å². The van der Waals surface area contributed by atoms with E-state index in [9.17, 15) is 10.1 Å². The molecule has 0 aliphatic carbocycles. The molecule has 5 nitrogen and oxygen atoms in total. The van der Waals surface area contributed by atoms with Crippen LogP contribution in [0.5, 0.6) is 11.5 Å². The van der Waals surface area contributed by atoms with Crippen molar-refractivity contribution >= 4 is 29.3 Å². The molecular weight excluding hydrogens is 384 g/mol. The summed E-state index contributed by atoms with van der Waals surface area (Å²) < 4.78 is 10.8. The lowest BCUT2D eigenvalue weighted by Crippen LogP contribution is -2.34. The maximum atomic E-state index is 12.5. The van der Waals surface area contributed by atoms with E-state index in [4.69, 9.17) is 21.7 Å². The summed E-state index contributed by atoms with van der Waals surface area (Å²) in [5.41, 5.74) is 1.50. The molecule has 1 heterocycles. The van der Waals surface area contributed by atoms with Crippen molar-refractivity contribution in [3.63, 3.8) is 0 Å². The number of esters is 1. The first-order chi connectivity index (χ1) is 14.1. The fourth-order valence-electron chi connectivity index (χ4n) is 3.17. The summed E-state index contributed by atoms with van der Waals surface area (Å²) in [7, 11) is 1.51. The van der Waals surface area contributed by atoms with Crippen LogP contribution in [-0.4, -0.2) is 36.1 Å². The highest BCUT2D eigenvalue weighted by Gasteiger charge is 2.19. The fraction of sp³-hybridized carbons (Fsp3) is 0.261. The molecule has 0 amide bonds. The normalized spacial score (nSPS) is 14.1. The number of benzene rings is 2. The number of hydrogen-bond donors (Lipinski definition) is 0. The van der Waals surface area contributed by atoms with Gasteiger partial charge in [0.2, 0.25) is 0 Å². The minimum atomic E-state index is -0.735. The van der Waals surface area contributed by atoms with E-state index in [0.717, 1.165) is 42.0 Å². The zero-order valence-electron chi connectivity index (χ0n) is 16.3. The van der Waals surface area contributed by atoms with Gasteiger partial charge in [-0.05, 0) is 49.1 Å². The Hall–Kier alpha value is -3.17. The third kappa shape index (κ3) is 5.21. The van der Waals surface area contributed by atoms with Crippen molar-refractivity contribution in [2.75, 3.05) is 20.2 Å². The highest BCUT2D eigenvalue weighted by atomic mass is 32.1. The minimum absolute atomic E-state index is 0.0915. The first kappa shape index (κ1) is 20.6. The van der Waals surface area contributed by atoms with Crippen LogP contribution in [0.3, 0.4) is 0 Å². The third-order valence-corrected chi connectivity index (χ3v) is 5.20. The Morgan fingerprint density at radius 2 is 1.83 bits per heavy atom. The van der Waals surface area contributed by atoms with E-state index in [-0.39, 0.29) is 11.3 Å². The lowest BCUT2D eigenvalue weighted by molar-refractivity contribution is -0.129. The van der Waals surface area contributed by atoms with E-state index in [0.29, 0.717) is 5.75 Å². The predicted octanol–water partition coefficient (Wildman–Crippen LogP) is 4.37. The Balaban J connectivity index is 1.78. The molecule has 0 atom stereocenters. The number of nitriles is 1. The minimum Gasteiger partial charge on any atom is -0.493 e. The average Bonchev–Trinajstić information content (AvgIpc) is 2.78. The molecule has 2 aromatic carbocycles. The number of nitrogens with zero attached hydrogens (tertiary/aromatic N) is 2. The molecule has 1 aliphatic rings. The summed E-state index contributed by atoms with van der Waals surface area (Å²) in [6, 6.07) is 16.3. The van der Waals surface area contributed by atoms with Crippen molar-refractivity contribution < 1.29 is 14.3 Å². The molecule has 148 valence electrons. The van der Waals surface area contributed by atoms with Crippen LogP contribution in [0.25, 0.3) is 6.08 Å². The van der Waals surface area contributed by atoms with Crippen molar-refractivity contribution in [3.8, 4) is 17.6 Å². The van der Waals surface area contributed by atoms with Gasteiger partial charge in [-0.2, -0.15) is 5.26 Å². The van der Waals surface area contributed by atoms with Gasteiger partial charge in [0, 0.05) is 18.7 Å². The second kappa shape index (κ2) is 9.85. The maximum Gasteiger partial charge on any atom is 0.354 e. The van der Waals surface area contributed by atoms with Crippen molar-refractivity contribution in [1.82, 2.24) is 4.90 Å². The molecule has 1 aliphatic heterocycles. The second-order valence-electron chi connectivity index (χ2n) is 6.69. The van der Waals surface area contributed by atoms with Gasteiger partial charge in [0.1, 0.15) is 16.6 Å². The van der Waals surface area contributed by atoms with Crippen LogP contribution in [0.15, 0.2) is 54.1 Å². The summed E-state index contributed by atoms with van der Waals surface area (Å²) >= 11 is 5.62. The number of carbonyl (C=O) groups is 1. The molecule has 1 fully saturated rings. The van der Waals surface area contributed by atoms with Gasteiger partial charge in [-0.15, -0.1) is 0 Å². The highest BCUT2D eigenvalue weighted by Crippen LogP contribution is 2.30. The molecule has 0 N–H and O–H groups in total. The monoisotopic (exact) mass is 406 g/mol. The van der Waals surface area contributed by atoms with E-state index in [1.807, 2.05) is 42.5 Å². The molecule has 0 bridgehead atoms. The molecule has 0 saturated carbocycles. The topological polar surface area (TPSA) is 62.6 Å². The highest BCUT2D eigenvalue weighted by molar-refractivity contribution is 7.80. The summed E-state index contributed by atoms with van der Waals surface area (Å²) in [6.07, 6.45) is 5.00. The van der Waals surface area contributed by atoms with Gasteiger partial charge in [0.05, 0.1) is 7.11 Å². The van der Waals surface area contributed by atoms with Crippen LogP contribution in [0.4, 0.5) is 0 Å². The number of rotatable bonds is 5. The zero-order chi connectivity index (χ0) is 20.6. The largest absolute Gasteiger partial charge is 0.493 e. The van der Waals surface area contributed by atoms with Crippen molar-refractivity contribution in [2.45, 2.75) is 19.3 Å². The molecule has 0 spiro atoms. The van der Waals surface area contributed by atoms with Gasteiger partial charge in [-0.1, -0.05) is 42.5 Å². The Labute approximate surface area is 176 Å². The number of thiocarbonyl (C=S) groups is 1. The summed E-state index contributed by atoms with van der Waals surface area (Å²) in [5.74, 6) is -0.0925. The maximum absolute atomic E-state index is 12.5. The molecule has 3 rings (SSSR count). The number of methoxy groups -OCH3 is 1. The Kier molecular flexibility index (Phi) is 6.99. The molecule has 6 heteroatoms. The SMILES string of the molecule is COc1cc(C(=S)N2CCCCC2)ccc1OC(=O)/C(C#N)=C/c1ccccc1. The summed E-state index contributed by atoms with van der Waals surface area (Å²) in [4.78, 5) is 15.4. The Bertz CT molecular complexity index is 958. The molecular formula is C23H22N2O3S. The molecule has 0 unspecified atom stereocenters. The van der Waals surface area contributed by atoms with Crippen LogP contribution in [-0.2, 0) is 4.79 Å². The van der Waals surface area contributed by atoms with Crippen LogP contribution in [0.1, 0.15) is 30.4 Å². The van der Waals surface area contributed by atoms with E-state index in [1.54, 1.807) is 12.1 Å². The van der Waals surface area contributed by atoms with Crippen LogP contribution >= 0.6 is 12.2 Å². The zero-order valence-corrected chi connectivity index (χ0v) is 17.1. The van der Waals surface area contributed by atoms with Gasteiger partial charge < -0.3 is 14.4 Å². The number of piperidine rings is 1. The fourth-order valence-corrected chi connectivity index (χ4v) is 3.48. The van der Waals surface area contributed by atoms with Gasteiger partial charge in [-0.25, -0.2) is 4.79 Å². The summed E-state index contributed by atoms with van der Waals surface area (Å²) in [6.45, 7) is 1.90. The Morgan fingerprint density at radius 3 is 2.48 bits per heavy atom. The van der Waals surface area contributed by atoms with Crippen molar-refractivity contribution in [3.05, 3.63) is 65.2 Å². The first-order valence-corrected chi connectivity index (χ1v) is 9.89.